The van der Waals surface area contributed by atoms with Gasteiger partial charge >= 0.3 is 29.6 Å². The summed E-state index contributed by atoms with van der Waals surface area (Å²) in [6, 6.07) is 8.96. The Hall–Kier alpha value is -3.08. The van der Waals surface area contributed by atoms with E-state index < -0.39 is 23.4 Å². The topological polar surface area (TPSA) is 119 Å². The van der Waals surface area contributed by atoms with Gasteiger partial charge in [-0.2, -0.15) is 0 Å². The van der Waals surface area contributed by atoms with Crippen molar-refractivity contribution >= 4 is 28.6 Å². The van der Waals surface area contributed by atoms with Crippen molar-refractivity contribution < 1.29 is 53.4 Å². The molecule has 0 radical (unpaired) electrons. The van der Waals surface area contributed by atoms with Crippen molar-refractivity contribution in [2.45, 2.75) is 18.9 Å². The summed E-state index contributed by atoms with van der Waals surface area (Å²) in [7, 11) is 3.23. The molecule has 0 bridgehead atoms. The maximum absolute atomic E-state index is 13.1. The van der Waals surface area contributed by atoms with Crippen molar-refractivity contribution in [2.75, 3.05) is 27.2 Å². The van der Waals surface area contributed by atoms with Gasteiger partial charge in [-0.3, -0.25) is 19.4 Å². The second-order valence-electron chi connectivity index (χ2n) is 8.35. The Morgan fingerprint density at radius 3 is 2.63 bits per heavy atom. The second-order valence-corrected chi connectivity index (χ2v) is 8.35. The molecule has 4 rings (SSSR count). The van der Waals surface area contributed by atoms with Crippen LogP contribution in [-0.4, -0.2) is 64.7 Å². The van der Waals surface area contributed by atoms with E-state index in [1.165, 1.54) is 40.3 Å². The molecule has 1 aromatic carbocycles. The summed E-state index contributed by atoms with van der Waals surface area (Å²) in [6.45, 7) is 0.269. The Kier molecular flexibility index (Phi) is 8.42. The smallest absolute Gasteiger partial charge is 0.869 e. The monoisotopic (exact) mass is 487 g/mol. The van der Waals surface area contributed by atoms with Gasteiger partial charge in [0.1, 0.15) is 11.5 Å². The molecule has 11 heteroatoms. The van der Waals surface area contributed by atoms with Crippen molar-refractivity contribution in [2.24, 2.45) is 0 Å². The van der Waals surface area contributed by atoms with E-state index in [2.05, 4.69) is 15.3 Å². The Labute approximate surface area is 223 Å². The molecule has 3 amide bonds. The minimum Gasteiger partial charge on any atom is -0.869 e. The van der Waals surface area contributed by atoms with Crippen LogP contribution in [-0.2, 0) is 16.1 Å². The number of rotatable bonds is 6. The number of pyridine rings is 2. The summed E-state index contributed by atoms with van der Waals surface area (Å²) >= 11 is 0. The van der Waals surface area contributed by atoms with Gasteiger partial charge in [-0.15, -0.1) is 0 Å². The number of likely N-dealkylation sites (N-methyl/N-ethyl adjacent to an activating group) is 1. The molecule has 0 saturated carbocycles. The molecule has 1 saturated heterocycles. The molecule has 3 heterocycles. The van der Waals surface area contributed by atoms with Crippen molar-refractivity contribution in [3.8, 4) is 5.75 Å². The first-order valence-electron chi connectivity index (χ1n) is 10.7. The number of carbonyl (C=O) groups excluding carboxylic acids is 3. The maximum Gasteiger partial charge on any atom is 1.00 e. The molecule has 1 atom stereocenters. The molecule has 1 fully saturated rings. The summed E-state index contributed by atoms with van der Waals surface area (Å²) in [6.07, 6.45) is 1.56. The van der Waals surface area contributed by atoms with Crippen LogP contribution < -0.4 is 40.0 Å². The SMILES string of the molecule is CN(C)C(=O)CN1CC(c2nc(C(=O)NCc3ccc(F)cc3)c([O-])c3ncccc23)CC1=O.[Na+]. The van der Waals surface area contributed by atoms with Crippen LogP contribution in [0.3, 0.4) is 0 Å². The predicted octanol–water partition coefficient (Wildman–Crippen LogP) is -1.82. The van der Waals surface area contributed by atoms with Gasteiger partial charge in [-0.25, -0.2) is 9.37 Å². The fourth-order valence-electron chi connectivity index (χ4n) is 3.88. The molecule has 3 aromatic rings. The van der Waals surface area contributed by atoms with E-state index in [0.717, 1.165) is 0 Å². The first kappa shape index (κ1) is 26.5. The van der Waals surface area contributed by atoms with Gasteiger partial charge in [0, 0.05) is 51.1 Å². The zero-order chi connectivity index (χ0) is 24.4. The zero-order valence-corrected chi connectivity index (χ0v) is 21.7. The van der Waals surface area contributed by atoms with Crippen molar-refractivity contribution in [1.29, 1.82) is 0 Å². The predicted molar refractivity (Wildman–Crippen MR) is 119 cm³/mol. The van der Waals surface area contributed by atoms with E-state index in [0.29, 0.717) is 16.6 Å². The van der Waals surface area contributed by atoms with Crippen LogP contribution in [0.1, 0.15) is 34.1 Å². The fourth-order valence-corrected chi connectivity index (χ4v) is 3.88. The average molecular weight is 487 g/mol. The molecule has 0 aliphatic carbocycles. The summed E-state index contributed by atoms with van der Waals surface area (Å²) in [5.74, 6) is -2.50. The van der Waals surface area contributed by atoms with Crippen LogP contribution in [0.2, 0.25) is 0 Å². The van der Waals surface area contributed by atoms with E-state index in [-0.39, 0.29) is 78.6 Å². The normalized spacial score (nSPS) is 15.1. The number of hydrogen-bond donors (Lipinski definition) is 1. The van der Waals surface area contributed by atoms with Crippen LogP contribution in [0.15, 0.2) is 42.6 Å². The Morgan fingerprint density at radius 1 is 1.23 bits per heavy atom. The number of carbonyl (C=O) groups is 3. The molecule has 1 N–H and O–H groups in total. The molecule has 2 aromatic heterocycles. The first-order valence-corrected chi connectivity index (χ1v) is 10.7. The van der Waals surface area contributed by atoms with Crippen LogP contribution in [0.4, 0.5) is 4.39 Å². The summed E-state index contributed by atoms with van der Waals surface area (Å²) in [4.78, 5) is 48.9. The van der Waals surface area contributed by atoms with Gasteiger partial charge in [0.2, 0.25) is 11.8 Å². The third-order valence-electron chi connectivity index (χ3n) is 5.75. The second kappa shape index (κ2) is 11.1. The molecule has 1 aliphatic heterocycles. The van der Waals surface area contributed by atoms with Gasteiger partial charge in [0.15, 0.2) is 0 Å². The minimum atomic E-state index is -0.688. The largest absolute Gasteiger partial charge is 1.00 e. The average Bonchev–Trinajstić information content (AvgIpc) is 3.18. The van der Waals surface area contributed by atoms with Gasteiger partial charge in [0.05, 0.1) is 17.8 Å². The quantitative estimate of drug-likeness (QED) is 0.409. The number of nitrogens with one attached hydrogen (secondary N) is 1. The molecule has 9 nitrogen and oxygen atoms in total. The summed E-state index contributed by atoms with van der Waals surface area (Å²) in [5.41, 5.74) is 0.847. The van der Waals surface area contributed by atoms with E-state index in [4.69, 9.17) is 0 Å². The number of likely N-dealkylation sites (tertiary alicyclic amines) is 1. The number of benzene rings is 1. The van der Waals surface area contributed by atoms with Crippen LogP contribution in [0.5, 0.6) is 5.75 Å². The van der Waals surface area contributed by atoms with Gasteiger partial charge in [-0.1, -0.05) is 12.1 Å². The van der Waals surface area contributed by atoms with E-state index in [1.54, 1.807) is 26.2 Å². The number of fused-ring (bicyclic) bond motifs is 1. The zero-order valence-electron chi connectivity index (χ0n) is 19.7. The van der Waals surface area contributed by atoms with Crippen molar-refractivity contribution in [3.63, 3.8) is 0 Å². The number of halogens is 1. The number of hydrogen-bond acceptors (Lipinski definition) is 6. The van der Waals surface area contributed by atoms with Crippen molar-refractivity contribution in [3.05, 3.63) is 65.4 Å². The third kappa shape index (κ3) is 5.77. The summed E-state index contributed by atoms with van der Waals surface area (Å²) in [5, 5.41) is 16.1. The Balaban J connectivity index is 0.00000342. The number of amides is 3. The molecule has 0 spiro atoms. The molecule has 1 unspecified atom stereocenters. The molecule has 35 heavy (non-hydrogen) atoms. The van der Waals surface area contributed by atoms with E-state index >= 15 is 0 Å². The van der Waals surface area contributed by atoms with Gasteiger partial charge in [0.25, 0.3) is 5.91 Å². The standard InChI is InChI=1S/C24H24FN5O4.Na/c1-29(2)19(32)13-30-12-15(10-18(30)31)20-17-4-3-9-26-21(17)23(33)22(28-20)24(34)27-11-14-5-7-16(25)8-6-14;/h3-9,15,33H,10-13H2,1-2H3,(H,27,34);/q;+1/p-1. The Bertz CT molecular complexity index is 1270. The number of aromatic nitrogens is 2. The minimum absolute atomic E-state index is 0. The maximum atomic E-state index is 13.1. The fraction of sp³-hybridized carbons (Fsp3) is 0.292. The van der Waals surface area contributed by atoms with E-state index in [9.17, 15) is 23.9 Å². The summed E-state index contributed by atoms with van der Waals surface area (Å²) < 4.78 is 13.1. The molecule has 176 valence electrons. The van der Waals surface area contributed by atoms with Crippen LogP contribution in [0, 0.1) is 5.82 Å². The third-order valence-corrected chi connectivity index (χ3v) is 5.75. The molecular formula is C24H23FN5NaO4. The Morgan fingerprint density at radius 2 is 1.94 bits per heavy atom. The van der Waals surface area contributed by atoms with Crippen LogP contribution in [0.25, 0.3) is 10.9 Å². The van der Waals surface area contributed by atoms with Crippen molar-refractivity contribution in [1.82, 2.24) is 25.1 Å². The van der Waals surface area contributed by atoms with Gasteiger partial charge in [-0.05, 0) is 35.6 Å². The molecule has 1 aliphatic rings. The number of nitrogens with zero attached hydrogens (tertiary/aromatic N) is 4. The van der Waals surface area contributed by atoms with Gasteiger partial charge < -0.3 is 20.2 Å². The van der Waals surface area contributed by atoms with E-state index in [1.807, 2.05) is 0 Å². The van der Waals surface area contributed by atoms with Crippen LogP contribution >= 0.6 is 0 Å². The first-order chi connectivity index (χ1) is 16.2. The molecular weight excluding hydrogens is 464 g/mol.